The number of nitrogens with two attached hydrogens (primary N) is 1. The monoisotopic (exact) mass is 238 g/mol. The van der Waals surface area contributed by atoms with Gasteiger partial charge in [0.1, 0.15) is 16.5 Å². The van der Waals surface area contributed by atoms with Crippen molar-refractivity contribution in [2.45, 2.75) is 26.3 Å². The number of hydrogen-bond acceptors (Lipinski definition) is 6. The number of imidazole rings is 1. The van der Waals surface area contributed by atoms with E-state index in [0.717, 1.165) is 29.4 Å². The van der Waals surface area contributed by atoms with Gasteiger partial charge in [-0.05, 0) is 6.42 Å². The summed E-state index contributed by atoms with van der Waals surface area (Å²) in [6.07, 6.45) is 5.80. The molecule has 0 unspecified atom stereocenters. The Morgan fingerprint density at radius 2 is 2.44 bits per heavy atom. The van der Waals surface area contributed by atoms with Crippen molar-refractivity contribution < 1.29 is 0 Å². The van der Waals surface area contributed by atoms with E-state index in [1.807, 2.05) is 6.20 Å². The quantitative estimate of drug-likeness (QED) is 0.600. The molecule has 0 saturated heterocycles. The summed E-state index contributed by atoms with van der Waals surface area (Å²) in [6.45, 7) is 2.79. The topological polar surface area (TPSA) is 81.7 Å². The molecule has 0 aliphatic rings. The highest BCUT2D eigenvalue weighted by Crippen LogP contribution is 2.17. The molecule has 0 radical (unpaired) electrons. The molecule has 0 aliphatic carbocycles. The molecule has 0 aliphatic heterocycles. The molecular formula is C9H14N6S. The van der Waals surface area contributed by atoms with Gasteiger partial charge in [-0.15, -0.1) is 5.10 Å². The van der Waals surface area contributed by atoms with E-state index in [-0.39, 0.29) is 0 Å². The first-order valence-corrected chi connectivity index (χ1v) is 5.90. The van der Waals surface area contributed by atoms with E-state index in [0.29, 0.717) is 6.54 Å². The number of nitrogen functional groups attached to an aromatic ring is 1. The molecule has 0 amide bonds. The maximum Gasteiger partial charge on any atom is 0.149 e. The molecular weight excluding hydrogens is 224 g/mol. The minimum atomic E-state index is 0.658. The fraction of sp³-hybridized carbons (Fsp3) is 0.444. The number of aryl methyl sites for hydroxylation is 1. The van der Waals surface area contributed by atoms with E-state index < -0.39 is 0 Å². The van der Waals surface area contributed by atoms with Crippen LogP contribution in [0.15, 0.2) is 12.4 Å². The highest BCUT2D eigenvalue weighted by Gasteiger charge is 2.09. The summed E-state index contributed by atoms with van der Waals surface area (Å²) in [4.78, 5) is 4.31. The first kappa shape index (κ1) is 11.0. The summed E-state index contributed by atoms with van der Waals surface area (Å²) in [6, 6.07) is 0. The number of hydrazine groups is 1. The largest absolute Gasteiger partial charge is 0.329 e. The Hall–Kier alpha value is -1.47. The number of nitrogens with zero attached hydrogens (tertiary/aromatic N) is 4. The SMILES string of the molecule is CCCc1nccn1Cc1nnsc1NN. The van der Waals surface area contributed by atoms with Crippen molar-refractivity contribution in [1.82, 2.24) is 19.1 Å². The third-order valence-electron chi connectivity index (χ3n) is 2.28. The van der Waals surface area contributed by atoms with E-state index in [2.05, 4.69) is 31.5 Å². The van der Waals surface area contributed by atoms with Gasteiger partial charge in [0, 0.05) is 30.3 Å². The van der Waals surface area contributed by atoms with Crippen LogP contribution < -0.4 is 11.3 Å². The summed E-state index contributed by atoms with van der Waals surface area (Å²) in [5.41, 5.74) is 3.45. The van der Waals surface area contributed by atoms with Crippen molar-refractivity contribution in [2.24, 2.45) is 5.84 Å². The minimum Gasteiger partial charge on any atom is -0.329 e. The van der Waals surface area contributed by atoms with E-state index in [9.17, 15) is 0 Å². The van der Waals surface area contributed by atoms with Gasteiger partial charge in [-0.2, -0.15) is 0 Å². The van der Waals surface area contributed by atoms with Crippen LogP contribution in [0.4, 0.5) is 5.00 Å². The lowest BCUT2D eigenvalue weighted by atomic mass is 10.3. The standard InChI is InChI=1S/C9H14N6S/c1-2-3-8-11-4-5-15(8)6-7-9(12-10)16-14-13-7/h4-5,12H,2-3,6,10H2,1H3. The summed E-state index contributed by atoms with van der Waals surface area (Å²) in [7, 11) is 0. The molecule has 2 rings (SSSR count). The zero-order chi connectivity index (χ0) is 11.4. The zero-order valence-corrected chi connectivity index (χ0v) is 9.87. The Morgan fingerprint density at radius 1 is 1.56 bits per heavy atom. The number of anilines is 1. The van der Waals surface area contributed by atoms with Crippen LogP contribution in [-0.4, -0.2) is 19.1 Å². The molecule has 0 fully saturated rings. The van der Waals surface area contributed by atoms with E-state index >= 15 is 0 Å². The van der Waals surface area contributed by atoms with Crippen LogP contribution in [0.3, 0.4) is 0 Å². The molecule has 7 heteroatoms. The van der Waals surface area contributed by atoms with E-state index in [1.165, 1.54) is 11.5 Å². The van der Waals surface area contributed by atoms with Crippen LogP contribution >= 0.6 is 11.5 Å². The average Bonchev–Trinajstić information content (AvgIpc) is 2.89. The van der Waals surface area contributed by atoms with Crippen molar-refractivity contribution in [3.05, 3.63) is 23.9 Å². The lowest BCUT2D eigenvalue weighted by Gasteiger charge is -2.05. The fourth-order valence-electron chi connectivity index (χ4n) is 1.52. The normalized spacial score (nSPS) is 10.6. The smallest absolute Gasteiger partial charge is 0.149 e. The Balaban J connectivity index is 2.17. The molecule has 2 aromatic heterocycles. The van der Waals surface area contributed by atoms with Gasteiger partial charge in [-0.3, -0.25) is 0 Å². The van der Waals surface area contributed by atoms with Gasteiger partial charge in [0.2, 0.25) is 0 Å². The Labute approximate surface area is 97.6 Å². The van der Waals surface area contributed by atoms with Crippen molar-refractivity contribution >= 4 is 16.5 Å². The van der Waals surface area contributed by atoms with Gasteiger partial charge in [-0.25, -0.2) is 10.8 Å². The molecule has 86 valence electrons. The average molecular weight is 238 g/mol. The number of nitrogens with one attached hydrogen (secondary N) is 1. The van der Waals surface area contributed by atoms with Crippen LogP contribution in [0.2, 0.25) is 0 Å². The van der Waals surface area contributed by atoms with E-state index in [4.69, 9.17) is 5.84 Å². The van der Waals surface area contributed by atoms with Crippen molar-refractivity contribution in [3.63, 3.8) is 0 Å². The molecule has 2 heterocycles. The number of hydrogen-bond donors (Lipinski definition) is 2. The van der Waals surface area contributed by atoms with Gasteiger partial charge in [0.15, 0.2) is 0 Å². The predicted octanol–water partition coefficient (Wildman–Crippen LogP) is 1.02. The fourth-order valence-corrected chi connectivity index (χ4v) is 2.00. The van der Waals surface area contributed by atoms with Gasteiger partial charge >= 0.3 is 0 Å². The summed E-state index contributed by atoms with van der Waals surface area (Å²) >= 11 is 1.26. The molecule has 3 N–H and O–H groups in total. The maximum atomic E-state index is 5.38. The second kappa shape index (κ2) is 5.04. The van der Waals surface area contributed by atoms with Gasteiger partial charge in [0.25, 0.3) is 0 Å². The Kier molecular flexibility index (Phi) is 3.47. The lowest BCUT2D eigenvalue weighted by Crippen LogP contribution is -2.10. The van der Waals surface area contributed by atoms with Crippen LogP contribution in [0, 0.1) is 0 Å². The van der Waals surface area contributed by atoms with Crippen LogP contribution in [0.1, 0.15) is 24.9 Å². The summed E-state index contributed by atoms with van der Waals surface area (Å²) < 4.78 is 5.94. The molecule has 16 heavy (non-hydrogen) atoms. The third kappa shape index (κ3) is 2.20. The first-order valence-electron chi connectivity index (χ1n) is 5.13. The maximum absolute atomic E-state index is 5.38. The third-order valence-corrected chi connectivity index (χ3v) is 2.98. The van der Waals surface area contributed by atoms with Crippen molar-refractivity contribution in [2.75, 3.05) is 5.43 Å². The molecule has 0 bridgehead atoms. The number of rotatable bonds is 5. The van der Waals surface area contributed by atoms with Gasteiger partial charge < -0.3 is 9.99 Å². The lowest BCUT2D eigenvalue weighted by molar-refractivity contribution is 0.692. The molecule has 0 aromatic carbocycles. The minimum absolute atomic E-state index is 0.658. The molecule has 0 spiro atoms. The summed E-state index contributed by atoms with van der Waals surface area (Å²) in [5.74, 6) is 6.44. The Bertz CT molecular complexity index is 448. The first-order chi connectivity index (χ1) is 7.85. The van der Waals surface area contributed by atoms with Gasteiger partial charge in [0.05, 0.1) is 6.54 Å². The summed E-state index contributed by atoms with van der Waals surface area (Å²) in [5, 5.41) is 4.84. The molecule has 6 nitrogen and oxygen atoms in total. The molecule has 2 aromatic rings. The van der Waals surface area contributed by atoms with Gasteiger partial charge in [-0.1, -0.05) is 11.4 Å². The molecule has 0 atom stereocenters. The van der Waals surface area contributed by atoms with E-state index in [1.54, 1.807) is 6.20 Å². The van der Waals surface area contributed by atoms with Crippen LogP contribution in [-0.2, 0) is 13.0 Å². The highest BCUT2D eigenvalue weighted by atomic mass is 32.1. The van der Waals surface area contributed by atoms with Crippen LogP contribution in [0.5, 0.6) is 0 Å². The second-order valence-corrected chi connectivity index (χ2v) is 4.17. The predicted molar refractivity (Wildman–Crippen MR) is 63.0 cm³/mol. The van der Waals surface area contributed by atoms with Crippen molar-refractivity contribution in [3.8, 4) is 0 Å². The van der Waals surface area contributed by atoms with Crippen LogP contribution in [0.25, 0.3) is 0 Å². The Morgan fingerprint density at radius 3 is 3.19 bits per heavy atom. The molecule has 0 saturated carbocycles. The zero-order valence-electron chi connectivity index (χ0n) is 9.05. The highest BCUT2D eigenvalue weighted by molar-refractivity contribution is 7.10. The van der Waals surface area contributed by atoms with Crippen molar-refractivity contribution in [1.29, 1.82) is 0 Å². The second-order valence-electron chi connectivity index (χ2n) is 3.41. The number of aromatic nitrogens is 4.